The first-order valence-corrected chi connectivity index (χ1v) is 9.12. The van der Waals surface area contributed by atoms with Crippen molar-refractivity contribution in [2.45, 2.75) is 58.5 Å². The summed E-state index contributed by atoms with van der Waals surface area (Å²) in [5, 5.41) is -0.463. The summed E-state index contributed by atoms with van der Waals surface area (Å²) in [6.07, 6.45) is 3.61. The maximum atomic E-state index is 13.4. The van der Waals surface area contributed by atoms with Gasteiger partial charge in [0.15, 0.2) is 0 Å². The zero-order chi connectivity index (χ0) is 14.8. The second-order valence-corrected chi connectivity index (χ2v) is 7.83. The molecule has 2 rings (SSSR count). The van der Waals surface area contributed by atoms with Crippen molar-refractivity contribution in [3.8, 4) is 5.75 Å². The second kappa shape index (κ2) is 5.91. The van der Waals surface area contributed by atoms with Crippen molar-refractivity contribution in [3.63, 3.8) is 0 Å². The van der Waals surface area contributed by atoms with E-state index in [4.69, 9.17) is 9.05 Å². The standard InChI is InChI=1S/C16H25O3P/c1-5-10-16(11-6-2)14-9-8-13(4)12-15(14)19-20(16,17)18-7-3/h8-9,12H,5-7,10-11H2,1-4H3. The van der Waals surface area contributed by atoms with Crippen molar-refractivity contribution < 1.29 is 13.6 Å². The van der Waals surface area contributed by atoms with E-state index in [0.29, 0.717) is 6.61 Å². The lowest BCUT2D eigenvalue weighted by atomic mass is 9.88. The summed E-state index contributed by atoms with van der Waals surface area (Å²) in [6.45, 7) is 8.56. The Morgan fingerprint density at radius 3 is 2.40 bits per heavy atom. The lowest BCUT2D eigenvalue weighted by Crippen LogP contribution is -2.24. The maximum Gasteiger partial charge on any atom is 0.389 e. The fourth-order valence-corrected chi connectivity index (χ4v) is 5.97. The van der Waals surface area contributed by atoms with E-state index in [2.05, 4.69) is 26.0 Å². The molecule has 0 saturated carbocycles. The first-order chi connectivity index (χ1) is 9.53. The quantitative estimate of drug-likeness (QED) is 0.658. The normalized spacial score (nSPS) is 23.4. The third-order valence-corrected chi connectivity index (χ3v) is 6.78. The van der Waals surface area contributed by atoms with Gasteiger partial charge in [-0.15, -0.1) is 0 Å². The average molecular weight is 296 g/mol. The van der Waals surface area contributed by atoms with Crippen LogP contribution in [0.25, 0.3) is 0 Å². The van der Waals surface area contributed by atoms with Crippen LogP contribution in [0.15, 0.2) is 18.2 Å². The SMILES string of the molecule is CCCC1(CCC)c2ccc(C)cc2OP1(=O)OCC. The molecule has 0 fully saturated rings. The highest BCUT2D eigenvalue weighted by molar-refractivity contribution is 7.56. The van der Waals surface area contributed by atoms with Crippen LogP contribution in [0.3, 0.4) is 0 Å². The van der Waals surface area contributed by atoms with E-state index in [1.54, 1.807) is 0 Å². The molecule has 4 heteroatoms. The molecule has 0 aromatic heterocycles. The minimum absolute atomic E-state index is 0.416. The van der Waals surface area contributed by atoms with Crippen molar-refractivity contribution in [2.24, 2.45) is 0 Å². The summed E-state index contributed by atoms with van der Waals surface area (Å²) < 4.78 is 24.9. The van der Waals surface area contributed by atoms with Crippen LogP contribution in [0.4, 0.5) is 0 Å². The molecule has 0 saturated heterocycles. The van der Waals surface area contributed by atoms with Gasteiger partial charge in [0.2, 0.25) is 0 Å². The van der Waals surface area contributed by atoms with Gasteiger partial charge >= 0.3 is 7.60 Å². The Balaban J connectivity index is 2.59. The van der Waals surface area contributed by atoms with E-state index in [0.717, 1.165) is 42.6 Å². The molecule has 0 radical (unpaired) electrons. The molecule has 112 valence electrons. The van der Waals surface area contributed by atoms with E-state index in [1.165, 1.54) is 0 Å². The Kier molecular flexibility index (Phi) is 4.61. The predicted molar refractivity (Wildman–Crippen MR) is 82.5 cm³/mol. The van der Waals surface area contributed by atoms with E-state index >= 15 is 0 Å². The molecule has 1 atom stereocenters. The van der Waals surface area contributed by atoms with E-state index < -0.39 is 12.8 Å². The van der Waals surface area contributed by atoms with Gasteiger partial charge in [0.1, 0.15) is 10.9 Å². The van der Waals surface area contributed by atoms with Crippen LogP contribution in [0, 0.1) is 6.92 Å². The Hall–Kier alpha value is -0.790. The molecule has 1 unspecified atom stereocenters. The van der Waals surface area contributed by atoms with Crippen LogP contribution in [-0.2, 0) is 14.2 Å². The van der Waals surface area contributed by atoms with Gasteiger partial charge in [0.05, 0.1) is 6.61 Å². The maximum absolute atomic E-state index is 13.4. The van der Waals surface area contributed by atoms with Crippen molar-refractivity contribution in [3.05, 3.63) is 29.3 Å². The third kappa shape index (κ3) is 2.31. The monoisotopic (exact) mass is 296 g/mol. The zero-order valence-electron chi connectivity index (χ0n) is 12.9. The first-order valence-electron chi connectivity index (χ1n) is 7.58. The summed E-state index contributed by atoms with van der Waals surface area (Å²) >= 11 is 0. The van der Waals surface area contributed by atoms with Crippen LogP contribution >= 0.6 is 7.60 Å². The second-order valence-electron chi connectivity index (χ2n) is 5.54. The van der Waals surface area contributed by atoms with Crippen molar-refractivity contribution in [2.75, 3.05) is 6.61 Å². The molecule has 0 amide bonds. The molecule has 1 heterocycles. The molecule has 20 heavy (non-hydrogen) atoms. The van der Waals surface area contributed by atoms with Gasteiger partial charge in [-0.05, 0) is 38.3 Å². The summed E-state index contributed by atoms with van der Waals surface area (Å²) in [5.74, 6) is 0.753. The zero-order valence-corrected chi connectivity index (χ0v) is 13.8. The summed E-state index contributed by atoms with van der Waals surface area (Å²) in [7, 11) is -3.15. The number of rotatable bonds is 6. The van der Waals surface area contributed by atoms with E-state index in [9.17, 15) is 4.57 Å². The highest BCUT2D eigenvalue weighted by Gasteiger charge is 2.58. The highest BCUT2D eigenvalue weighted by atomic mass is 31.2. The average Bonchev–Trinajstić information content (AvgIpc) is 2.60. The van der Waals surface area contributed by atoms with Crippen molar-refractivity contribution in [1.29, 1.82) is 0 Å². The summed E-state index contributed by atoms with van der Waals surface area (Å²) in [5.41, 5.74) is 2.19. The molecular weight excluding hydrogens is 271 g/mol. The third-order valence-electron chi connectivity index (χ3n) is 4.01. The van der Waals surface area contributed by atoms with E-state index in [-0.39, 0.29) is 0 Å². The van der Waals surface area contributed by atoms with Crippen LogP contribution < -0.4 is 4.52 Å². The lowest BCUT2D eigenvalue weighted by molar-refractivity contribution is 0.256. The largest absolute Gasteiger partial charge is 0.423 e. The van der Waals surface area contributed by atoms with Crippen molar-refractivity contribution >= 4 is 7.60 Å². The van der Waals surface area contributed by atoms with Crippen molar-refractivity contribution in [1.82, 2.24) is 0 Å². The van der Waals surface area contributed by atoms with Gasteiger partial charge in [0, 0.05) is 5.56 Å². The Morgan fingerprint density at radius 1 is 1.20 bits per heavy atom. The number of hydrogen-bond acceptors (Lipinski definition) is 3. The van der Waals surface area contributed by atoms with Gasteiger partial charge in [-0.2, -0.15) is 0 Å². The molecule has 1 aromatic rings. The van der Waals surface area contributed by atoms with Gasteiger partial charge < -0.3 is 4.52 Å². The number of fused-ring (bicyclic) bond motifs is 1. The number of aryl methyl sites for hydroxylation is 1. The molecule has 1 aliphatic rings. The lowest BCUT2D eigenvalue weighted by Gasteiger charge is -2.32. The van der Waals surface area contributed by atoms with Crippen LogP contribution in [0.1, 0.15) is 57.6 Å². The van der Waals surface area contributed by atoms with Gasteiger partial charge in [-0.1, -0.05) is 38.8 Å². The van der Waals surface area contributed by atoms with Gasteiger partial charge in [0.25, 0.3) is 0 Å². The Morgan fingerprint density at radius 2 is 1.85 bits per heavy atom. The van der Waals surface area contributed by atoms with Crippen LogP contribution in [0.5, 0.6) is 5.75 Å². The fourth-order valence-electron chi connectivity index (χ4n) is 3.27. The highest BCUT2D eigenvalue weighted by Crippen LogP contribution is 2.74. The molecule has 1 aromatic carbocycles. The molecule has 0 aliphatic carbocycles. The summed E-state index contributed by atoms with van der Waals surface area (Å²) in [6, 6.07) is 6.13. The Bertz CT molecular complexity index is 518. The molecule has 3 nitrogen and oxygen atoms in total. The van der Waals surface area contributed by atoms with Gasteiger partial charge in [-0.3, -0.25) is 4.52 Å². The van der Waals surface area contributed by atoms with Gasteiger partial charge in [-0.25, -0.2) is 4.57 Å². The number of benzene rings is 1. The number of hydrogen-bond donors (Lipinski definition) is 0. The molecule has 0 bridgehead atoms. The molecule has 0 N–H and O–H groups in total. The minimum atomic E-state index is -3.15. The molecule has 0 spiro atoms. The fraction of sp³-hybridized carbons (Fsp3) is 0.625. The first kappa shape index (κ1) is 15.6. The van der Waals surface area contributed by atoms with Crippen LogP contribution in [0.2, 0.25) is 0 Å². The molecule has 1 aliphatic heterocycles. The smallest absolute Gasteiger partial charge is 0.389 e. The topological polar surface area (TPSA) is 35.5 Å². The predicted octanol–water partition coefficient (Wildman–Crippen LogP) is 5.41. The van der Waals surface area contributed by atoms with Crippen LogP contribution in [-0.4, -0.2) is 6.61 Å². The van der Waals surface area contributed by atoms with E-state index in [1.807, 2.05) is 19.9 Å². The minimum Gasteiger partial charge on any atom is -0.423 e. The molecular formula is C16H25O3P. The summed E-state index contributed by atoms with van der Waals surface area (Å²) in [4.78, 5) is 0. The Labute approximate surface area is 122 Å².